The summed E-state index contributed by atoms with van der Waals surface area (Å²) in [7, 11) is 3.31. The zero-order valence-electron chi connectivity index (χ0n) is 12.0. The molecule has 0 aliphatic heterocycles. The van der Waals surface area contributed by atoms with Gasteiger partial charge in [0.25, 0.3) is 0 Å². The first-order valence-corrected chi connectivity index (χ1v) is 6.93. The molecule has 0 heterocycles. The van der Waals surface area contributed by atoms with Crippen LogP contribution in [0.3, 0.4) is 0 Å². The van der Waals surface area contributed by atoms with Gasteiger partial charge in [-0.15, -0.1) is 0 Å². The highest BCUT2D eigenvalue weighted by atomic mass is 35.5. The number of methoxy groups -OCH3 is 2. The predicted molar refractivity (Wildman–Crippen MR) is 77.5 cm³/mol. The monoisotopic (exact) mass is 283 g/mol. The van der Waals surface area contributed by atoms with Crippen molar-refractivity contribution >= 4 is 11.6 Å². The molecule has 2 rings (SSSR count). The molecule has 0 spiro atoms. The second-order valence-electron chi connectivity index (χ2n) is 5.75. The molecule has 1 aromatic carbocycles. The lowest BCUT2D eigenvalue weighted by Crippen LogP contribution is -2.37. The van der Waals surface area contributed by atoms with E-state index < -0.39 is 0 Å². The first-order valence-electron chi connectivity index (χ1n) is 6.55. The number of hydrogen-bond donors (Lipinski definition) is 1. The highest BCUT2D eigenvalue weighted by molar-refractivity contribution is 6.30. The first kappa shape index (κ1) is 14.8. The van der Waals surface area contributed by atoms with Crippen LogP contribution in [0.25, 0.3) is 0 Å². The van der Waals surface area contributed by atoms with Crippen molar-refractivity contribution in [3.63, 3.8) is 0 Å². The summed E-state index contributed by atoms with van der Waals surface area (Å²) in [5.74, 6) is 0. The molecule has 0 amide bonds. The number of nitrogens with one attached hydrogen (secondary N) is 1. The van der Waals surface area contributed by atoms with Gasteiger partial charge in [0.1, 0.15) is 0 Å². The van der Waals surface area contributed by atoms with Gasteiger partial charge in [-0.3, -0.25) is 0 Å². The predicted octanol–water partition coefficient (Wildman–Crippen LogP) is 3.17. The molecule has 0 saturated heterocycles. The van der Waals surface area contributed by atoms with Crippen LogP contribution in [0.1, 0.15) is 31.0 Å². The lowest BCUT2D eigenvalue weighted by molar-refractivity contribution is -0.101. The molecule has 0 saturated carbocycles. The maximum Gasteiger partial charge on any atom is 0.169 e. The Balaban J connectivity index is 2.17. The Hall–Kier alpha value is -0.610. The summed E-state index contributed by atoms with van der Waals surface area (Å²) in [4.78, 5) is 0. The van der Waals surface area contributed by atoms with Crippen LogP contribution in [0.5, 0.6) is 0 Å². The van der Waals surface area contributed by atoms with E-state index in [2.05, 4.69) is 31.3 Å². The molecular weight excluding hydrogens is 262 g/mol. The molecule has 1 aromatic rings. The topological polar surface area (TPSA) is 30.5 Å². The summed E-state index contributed by atoms with van der Waals surface area (Å²) < 4.78 is 10.5. The van der Waals surface area contributed by atoms with Crippen LogP contribution in [0, 0.1) is 5.41 Å². The molecule has 0 aromatic heterocycles. The van der Waals surface area contributed by atoms with Gasteiger partial charge < -0.3 is 14.8 Å². The van der Waals surface area contributed by atoms with Crippen molar-refractivity contribution in [1.82, 2.24) is 5.32 Å². The summed E-state index contributed by atoms with van der Waals surface area (Å²) >= 11 is 6.12. The Morgan fingerprint density at radius 3 is 2.68 bits per heavy atom. The quantitative estimate of drug-likeness (QED) is 0.842. The van der Waals surface area contributed by atoms with Crippen LogP contribution in [-0.4, -0.2) is 27.1 Å². The molecule has 1 unspecified atom stereocenters. The minimum Gasteiger partial charge on any atom is -0.355 e. The van der Waals surface area contributed by atoms with Crippen LogP contribution < -0.4 is 5.32 Å². The number of hydrogen-bond acceptors (Lipinski definition) is 3. The SMILES string of the molecule is COC(CNC1c2cc(Cl)ccc2CC1(C)C)OC. The molecule has 3 nitrogen and oxygen atoms in total. The summed E-state index contributed by atoms with van der Waals surface area (Å²) in [6, 6.07) is 6.43. The van der Waals surface area contributed by atoms with Crippen molar-refractivity contribution in [2.75, 3.05) is 20.8 Å². The van der Waals surface area contributed by atoms with E-state index in [9.17, 15) is 0 Å². The Labute approximate surface area is 120 Å². The third-order valence-electron chi connectivity index (χ3n) is 3.86. The third kappa shape index (κ3) is 3.11. The van der Waals surface area contributed by atoms with Gasteiger partial charge in [-0.1, -0.05) is 31.5 Å². The standard InChI is InChI=1S/C15H22ClNO2/c1-15(2)8-10-5-6-11(16)7-12(10)14(15)17-9-13(18-3)19-4/h5-7,13-14,17H,8-9H2,1-4H3. The zero-order valence-corrected chi connectivity index (χ0v) is 12.8. The number of ether oxygens (including phenoxy) is 2. The van der Waals surface area contributed by atoms with Gasteiger partial charge in [0, 0.05) is 31.8 Å². The Morgan fingerprint density at radius 2 is 2.05 bits per heavy atom. The molecule has 1 N–H and O–H groups in total. The van der Waals surface area contributed by atoms with E-state index >= 15 is 0 Å². The summed E-state index contributed by atoms with van der Waals surface area (Å²) in [5.41, 5.74) is 2.83. The summed E-state index contributed by atoms with van der Waals surface area (Å²) in [6.07, 6.45) is 0.834. The molecule has 4 heteroatoms. The summed E-state index contributed by atoms with van der Waals surface area (Å²) in [5, 5.41) is 4.34. The van der Waals surface area contributed by atoms with E-state index in [0.29, 0.717) is 6.54 Å². The van der Waals surface area contributed by atoms with Crippen molar-refractivity contribution in [3.05, 3.63) is 34.3 Å². The smallest absolute Gasteiger partial charge is 0.169 e. The lowest BCUT2D eigenvalue weighted by Gasteiger charge is -2.30. The number of fused-ring (bicyclic) bond motifs is 1. The molecule has 1 aliphatic rings. The highest BCUT2D eigenvalue weighted by Gasteiger charge is 2.38. The fourth-order valence-corrected chi connectivity index (χ4v) is 3.05. The van der Waals surface area contributed by atoms with E-state index in [4.69, 9.17) is 21.1 Å². The van der Waals surface area contributed by atoms with Gasteiger partial charge in [0.15, 0.2) is 6.29 Å². The molecule has 106 valence electrons. The van der Waals surface area contributed by atoms with Gasteiger partial charge in [-0.25, -0.2) is 0 Å². The minimum atomic E-state index is -0.223. The second kappa shape index (κ2) is 5.80. The molecule has 0 bridgehead atoms. The Bertz CT molecular complexity index is 444. The maximum atomic E-state index is 6.12. The van der Waals surface area contributed by atoms with Crippen molar-refractivity contribution in [1.29, 1.82) is 0 Å². The molecule has 1 aliphatic carbocycles. The number of halogens is 1. The zero-order chi connectivity index (χ0) is 14.0. The fourth-order valence-electron chi connectivity index (χ4n) is 2.87. The molecular formula is C15H22ClNO2. The maximum absolute atomic E-state index is 6.12. The fraction of sp³-hybridized carbons (Fsp3) is 0.600. The number of benzene rings is 1. The Morgan fingerprint density at radius 1 is 1.37 bits per heavy atom. The summed E-state index contributed by atoms with van der Waals surface area (Å²) in [6.45, 7) is 5.20. The van der Waals surface area contributed by atoms with Crippen LogP contribution in [0.4, 0.5) is 0 Å². The third-order valence-corrected chi connectivity index (χ3v) is 4.10. The second-order valence-corrected chi connectivity index (χ2v) is 6.19. The van der Waals surface area contributed by atoms with Crippen LogP contribution in [0.15, 0.2) is 18.2 Å². The first-order chi connectivity index (χ1) is 8.97. The minimum absolute atomic E-state index is 0.166. The van der Waals surface area contributed by atoms with Gasteiger partial charge in [-0.2, -0.15) is 0 Å². The normalized spacial score (nSPS) is 20.8. The van der Waals surface area contributed by atoms with Crippen molar-refractivity contribution in [2.45, 2.75) is 32.6 Å². The van der Waals surface area contributed by atoms with Crippen molar-refractivity contribution < 1.29 is 9.47 Å². The largest absolute Gasteiger partial charge is 0.355 e. The van der Waals surface area contributed by atoms with E-state index in [1.807, 2.05) is 6.07 Å². The average Bonchev–Trinajstić information content (AvgIpc) is 2.61. The van der Waals surface area contributed by atoms with Crippen molar-refractivity contribution in [3.8, 4) is 0 Å². The van der Waals surface area contributed by atoms with E-state index in [1.54, 1.807) is 14.2 Å². The van der Waals surface area contributed by atoms with Crippen LogP contribution >= 0.6 is 11.6 Å². The van der Waals surface area contributed by atoms with Crippen molar-refractivity contribution in [2.24, 2.45) is 5.41 Å². The highest BCUT2D eigenvalue weighted by Crippen LogP contribution is 2.45. The van der Waals surface area contributed by atoms with Gasteiger partial charge in [0.2, 0.25) is 0 Å². The van der Waals surface area contributed by atoms with Gasteiger partial charge in [-0.05, 0) is 35.1 Å². The van der Waals surface area contributed by atoms with Gasteiger partial charge in [0.05, 0.1) is 0 Å². The van der Waals surface area contributed by atoms with E-state index in [1.165, 1.54) is 11.1 Å². The molecule has 1 atom stereocenters. The van der Waals surface area contributed by atoms with Gasteiger partial charge >= 0.3 is 0 Å². The Kier molecular flexibility index (Phi) is 4.51. The van der Waals surface area contributed by atoms with Crippen LogP contribution in [0.2, 0.25) is 5.02 Å². The molecule has 0 fully saturated rings. The lowest BCUT2D eigenvalue weighted by atomic mass is 9.85. The average molecular weight is 284 g/mol. The van der Waals surface area contributed by atoms with Crippen LogP contribution in [-0.2, 0) is 15.9 Å². The molecule has 0 radical (unpaired) electrons. The van der Waals surface area contributed by atoms with E-state index in [0.717, 1.165) is 11.4 Å². The molecule has 19 heavy (non-hydrogen) atoms. The van der Waals surface area contributed by atoms with E-state index in [-0.39, 0.29) is 17.7 Å². The number of rotatable bonds is 5.